The van der Waals surface area contributed by atoms with E-state index in [0.717, 1.165) is 28.1 Å². The van der Waals surface area contributed by atoms with Gasteiger partial charge in [0.15, 0.2) is 5.82 Å². The lowest BCUT2D eigenvalue weighted by Crippen LogP contribution is -2.27. The fourth-order valence-electron chi connectivity index (χ4n) is 11.3. The highest BCUT2D eigenvalue weighted by Crippen LogP contribution is 2.57. The first-order valence-electron chi connectivity index (χ1n) is 23.8. The molecule has 1 fully saturated rings. The number of rotatable bonds is 7. The van der Waals surface area contributed by atoms with Crippen LogP contribution in [-0.4, -0.2) is 14.5 Å². The zero-order valence-electron chi connectivity index (χ0n) is 37.2. The van der Waals surface area contributed by atoms with Gasteiger partial charge in [-0.05, 0) is 111 Å². The minimum Gasteiger partial charge on any atom is -0.309 e. The maximum Gasteiger partial charge on any atom is 0.160 e. The lowest BCUT2D eigenvalue weighted by Gasteiger charge is -2.36. The van der Waals surface area contributed by atoms with Crippen molar-refractivity contribution in [1.29, 1.82) is 0 Å². The summed E-state index contributed by atoms with van der Waals surface area (Å²) in [7, 11) is 0. The van der Waals surface area contributed by atoms with Gasteiger partial charge in [-0.3, -0.25) is 0 Å². The van der Waals surface area contributed by atoms with Crippen LogP contribution in [0.1, 0.15) is 43.2 Å². The summed E-state index contributed by atoms with van der Waals surface area (Å²) < 4.78 is 2.49. The molecule has 0 saturated heterocycles. The third kappa shape index (κ3) is 6.72. The van der Waals surface area contributed by atoms with Crippen molar-refractivity contribution >= 4 is 21.8 Å². The van der Waals surface area contributed by atoms with Gasteiger partial charge in [0.05, 0.1) is 22.4 Å². The molecule has 9 aromatic carbocycles. The zero-order chi connectivity index (χ0) is 44.3. The van der Waals surface area contributed by atoms with Crippen molar-refractivity contribution in [2.75, 3.05) is 0 Å². The first-order chi connectivity index (χ1) is 33.2. The molecule has 3 heteroatoms. The van der Waals surface area contributed by atoms with E-state index in [-0.39, 0.29) is 5.41 Å². The molecule has 0 unspecified atom stereocenters. The smallest absolute Gasteiger partial charge is 0.160 e. The molecule has 2 aliphatic rings. The molecule has 2 heterocycles. The molecule has 0 aliphatic heterocycles. The molecule has 3 nitrogen and oxygen atoms in total. The summed E-state index contributed by atoms with van der Waals surface area (Å²) in [6, 6.07) is 81.7. The summed E-state index contributed by atoms with van der Waals surface area (Å²) in [6.45, 7) is 0. The van der Waals surface area contributed by atoms with E-state index in [1.165, 1.54) is 115 Å². The molecule has 2 aliphatic carbocycles. The molecule has 0 radical (unpaired) electrons. The van der Waals surface area contributed by atoms with Crippen LogP contribution in [0.25, 0.3) is 106 Å². The minimum absolute atomic E-state index is 0.0738. The molecule has 318 valence electrons. The van der Waals surface area contributed by atoms with Gasteiger partial charge in [-0.1, -0.05) is 201 Å². The average Bonchev–Trinajstić information content (AvgIpc) is 3.87. The number of aromatic nitrogens is 3. The molecular weight excluding hydrogens is 811 g/mol. The van der Waals surface area contributed by atoms with E-state index in [9.17, 15) is 0 Å². The first kappa shape index (κ1) is 39.2. The normalized spacial score (nSPS) is 13.8. The highest BCUT2D eigenvalue weighted by molar-refractivity contribution is 6.12. The van der Waals surface area contributed by atoms with Crippen molar-refractivity contribution in [2.45, 2.75) is 37.5 Å². The van der Waals surface area contributed by atoms with Crippen molar-refractivity contribution in [3.63, 3.8) is 0 Å². The van der Waals surface area contributed by atoms with Gasteiger partial charge in [-0.25, -0.2) is 9.97 Å². The van der Waals surface area contributed by atoms with Crippen molar-refractivity contribution in [2.24, 2.45) is 0 Å². The van der Waals surface area contributed by atoms with E-state index in [1.54, 1.807) is 0 Å². The second-order valence-corrected chi connectivity index (χ2v) is 18.4. The predicted molar refractivity (Wildman–Crippen MR) is 278 cm³/mol. The molecule has 0 N–H and O–H groups in total. The molecule has 2 aromatic heterocycles. The van der Waals surface area contributed by atoms with Gasteiger partial charge in [0.2, 0.25) is 0 Å². The Bertz CT molecular complexity index is 3600. The third-order valence-corrected chi connectivity index (χ3v) is 14.7. The largest absolute Gasteiger partial charge is 0.309 e. The van der Waals surface area contributed by atoms with Gasteiger partial charge in [0.1, 0.15) is 0 Å². The Hall–Kier alpha value is -8.14. The fraction of sp³-hybridized carbons (Fsp3) is 0.0938. The highest BCUT2D eigenvalue weighted by Gasteiger charge is 2.44. The van der Waals surface area contributed by atoms with Crippen molar-refractivity contribution in [1.82, 2.24) is 14.5 Å². The Labute approximate surface area is 391 Å². The summed E-state index contributed by atoms with van der Waals surface area (Å²) >= 11 is 0. The monoisotopic (exact) mass is 857 g/mol. The van der Waals surface area contributed by atoms with Gasteiger partial charge < -0.3 is 4.57 Å². The third-order valence-electron chi connectivity index (χ3n) is 14.7. The van der Waals surface area contributed by atoms with E-state index < -0.39 is 0 Å². The summed E-state index contributed by atoms with van der Waals surface area (Å²) in [4.78, 5) is 10.3. The van der Waals surface area contributed by atoms with Crippen LogP contribution in [-0.2, 0) is 5.41 Å². The van der Waals surface area contributed by atoms with Crippen LogP contribution < -0.4 is 0 Å². The molecule has 1 saturated carbocycles. The van der Waals surface area contributed by atoms with Gasteiger partial charge >= 0.3 is 0 Å². The number of fused-ring (bicyclic) bond motifs is 8. The van der Waals surface area contributed by atoms with Crippen LogP contribution >= 0.6 is 0 Å². The van der Waals surface area contributed by atoms with Crippen LogP contribution in [0.2, 0.25) is 0 Å². The number of benzene rings is 9. The maximum atomic E-state index is 5.20. The lowest BCUT2D eigenvalue weighted by atomic mass is 9.68. The van der Waals surface area contributed by atoms with E-state index >= 15 is 0 Å². The summed E-state index contributed by atoms with van der Waals surface area (Å²) in [5, 5.41) is 2.59. The van der Waals surface area contributed by atoms with Crippen molar-refractivity contribution in [3.8, 4) is 84.1 Å². The molecule has 13 rings (SSSR count). The number of hydrogen-bond donors (Lipinski definition) is 0. The molecule has 0 bridgehead atoms. The summed E-state index contributed by atoms with van der Waals surface area (Å²) in [5.74, 6) is 0.709. The molecule has 0 amide bonds. The number of nitrogens with zero attached hydrogens (tertiary/aromatic N) is 3. The van der Waals surface area contributed by atoms with Crippen LogP contribution in [0, 0.1) is 0 Å². The van der Waals surface area contributed by atoms with Crippen LogP contribution in [0.5, 0.6) is 0 Å². The summed E-state index contributed by atoms with van der Waals surface area (Å²) in [6.07, 6.45) is 6.28. The van der Waals surface area contributed by atoms with Crippen molar-refractivity contribution < 1.29 is 0 Å². The van der Waals surface area contributed by atoms with Gasteiger partial charge in [0.25, 0.3) is 0 Å². The van der Waals surface area contributed by atoms with Crippen molar-refractivity contribution in [3.05, 3.63) is 236 Å². The van der Waals surface area contributed by atoms with E-state index in [0.29, 0.717) is 5.82 Å². The topological polar surface area (TPSA) is 30.7 Å². The van der Waals surface area contributed by atoms with E-state index in [2.05, 4.69) is 223 Å². The Kier molecular flexibility index (Phi) is 9.42. The zero-order valence-corrected chi connectivity index (χ0v) is 37.2. The van der Waals surface area contributed by atoms with Gasteiger partial charge in [0, 0.05) is 38.6 Å². The predicted octanol–water partition coefficient (Wildman–Crippen LogP) is 16.8. The van der Waals surface area contributed by atoms with Gasteiger partial charge in [-0.2, -0.15) is 0 Å². The van der Waals surface area contributed by atoms with Crippen LogP contribution in [0.15, 0.2) is 224 Å². The maximum absolute atomic E-state index is 5.20. The van der Waals surface area contributed by atoms with Gasteiger partial charge in [-0.15, -0.1) is 0 Å². The molecule has 11 aromatic rings. The van der Waals surface area contributed by atoms with E-state index in [4.69, 9.17) is 9.97 Å². The number of hydrogen-bond acceptors (Lipinski definition) is 2. The lowest BCUT2D eigenvalue weighted by molar-refractivity contribution is 0.353. The highest BCUT2D eigenvalue weighted by atomic mass is 15.0. The second kappa shape index (κ2) is 16.1. The Balaban J connectivity index is 0.921. The molecular formula is C64H47N3. The Morgan fingerprint density at radius 1 is 0.328 bits per heavy atom. The standard InChI is InChI=1S/C64H47N3/c1-5-15-43(16-6-1)45-25-29-50(30-26-45)63-65-59(48-19-9-3-10-20-48)42-60(66-63)49-27-23-47(24-28-49)51-33-36-61-55(39-51)56-40-58-54(53-21-11-12-22-57(53)64(58)37-13-4-14-38-64)41-62(56)67(61)52-34-31-46(32-35-52)44-17-7-2-8-18-44/h1-3,5-12,15-36,39-42H,4,13-14,37-38H2. The Morgan fingerprint density at radius 2 is 0.806 bits per heavy atom. The fourth-order valence-corrected chi connectivity index (χ4v) is 11.3. The SMILES string of the molecule is c1ccc(-c2ccc(-c3nc(-c4ccccc4)cc(-c4ccc(-c5ccc6c(c5)c5cc7c(cc5n6-c5ccc(-c6ccccc6)cc5)-c5ccccc5C75CCCCC5)cc4)n3)cc2)cc1. The summed E-state index contributed by atoms with van der Waals surface area (Å²) in [5.41, 5.74) is 21.6. The molecule has 1 spiro atoms. The second-order valence-electron chi connectivity index (χ2n) is 18.4. The van der Waals surface area contributed by atoms with Crippen LogP contribution in [0.4, 0.5) is 0 Å². The molecule has 0 atom stereocenters. The first-order valence-corrected chi connectivity index (χ1v) is 23.8. The van der Waals surface area contributed by atoms with Crippen LogP contribution in [0.3, 0.4) is 0 Å². The average molecular weight is 858 g/mol. The quantitative estimate of drug-likeness (QED) is 0.160. The van der Waals surface area contributed by atoms with E-state index in [1.807, 2.05) is 6.07 Å². The minimum atomic E-state index is 0.0738. The molecule has 67 heavy (non-hydrogen) atoms. The Morgan fingerprint density at radius 3 is 1.45 bits per heavy atom.